The molecular formula is C7H13ClO2. The minimum Gasteiger partial charge on any atom is -0.353 e. The number of ether oxygens (including phenoxy) is 2. The zero-order valence-corrected chi connectivity index (χ0v) is 6.93. The number of alkyl halides is 1. The van der Waals surface area contributed by atoms with Crippen molar-refractivity contribution < 1.29 is 9.47 Å². The lowest BCUT2D eigenvalue weighted by atomic mass is 10.3. The maximum Gasteiger partial charge on any atom is 0.158 e. The van der Waals surface area contributed by atoms with Crippen LogP contribution in [0.5, 0.6) is 0 Å². The van der Waals surface area contributed by atoms with Crippen molar-refractivity contribution in [1.82, 2.24) is 0 Å². The molecule has 2 nitrogen and oxygen atoms in total. The van der Waals surface area contributed by atoms with Gasteiger partial charge in [0, 0.05) is 18.9 Å². The third-order valence-electron chi connectivity index (χ3n) is 1.49. The summed E-state index contributed by atoms with van der Waals surface area (Å²) in [5, 5.41) is 0. The first-order valence-corrected chi connectivity index (χ1v) is 4.19. The van der Waals surface area contributed by atoms with Crippen LogP contribution in [0.1, 0.15) is 19.8 Å². The summed E-state index contributed by atoms with van der Waals surface area (Å²) in [5.74, 6) is 0.542. The second kappa shape index (κ2) is 4.16. The van der Waals surface area contributed by atoms with Crippen molar-refractivity contribution in [2.45, 2.75) is 32.2 Å². The van der Waals surface area contributed by atoms with E-state index in [1.807, 2.05) is 6.92 Å². The Balaban J connectivity index is 2.11. The van der Waals surface area contributed by atoms with Crippen LogP contribution in [-0.2, 0) is 9.47 Å². The zero-order chi connectivity index (χ0) is 7.40. The van der Waals surface area contributed by atoms with Gasteiger partial charge >= 0.3 is 0 Å². The summed E-state index contributed by atoms with van der Waals surface area (Å²) in [5.41, 5.74) is 0. The highest BCUT2D eigenvalue weighted by molar-refractivity contribution is 6.18. The quantitative estimate of drug-likeness (QED) is 0.592. The molecule has 0 radical (unpaired) electrons. The maximum absolute atomic E-state index is 5.55. The van der Waals surface area contributed by atoms with Crippen LogP contribution >= 0.6 is 11.6 Å². The second-order valence-corrected chi connectivity index (χ2v) is 2.85. The van der Waals surface area contributed by atoms with E-state index in [4.69, 9.17) is 21.1 Å². The summed E-state index contributed by atoms with van der Waals surface area (Å²) in [6.45, 7) is 2.79. The van der Waals surface area contributed by atoms with Crippen LogP contribution in [0.15, 0.2) is 0 Å². The molecule has 2 atom stereocenters. The molecule has 0 aromatic carbocycles. The molecule has 60 valence electrons. The second-order valence-electron chi connectivity index (χ2n) is 2.54. The van der Waals surface area contributed by atoms with Crippen LogP contribution in [0.3, 0.4) is 0 Å². The Hall–Kier alpha value is 0.210. The highest BCUT2D eigenvalue weighted by atomic mass is 35.5. The largest absolute Gasteiger partial charge is 0.353 e. The molecule has 10 heavy (non-hydrogen) atoms. The molecular weight excluding hydrogens is 152 g/mol. The van der Waals surface area contributed by atoms with E-state index in [-0.39, 0.29) is 12.4 Å². The average Bonchev–Trinajstić information content (AvgIpc) is 2.40. The Morgan fingerprint density at radius 1 is 1.80 bits per heavy atom. The first-order valence-electron chi connectivity index (χ1n) is 3.66. The normalized spacial score (nSPS) is 28.8. The molecule has 1 rings (SSSR count). The van der Waals surface area contributed by atoms with Crippen molar-refractivity contribution >= 4 is 11.6 Å². The van der Waals surface area contributed by atoms with Crippen molar-refractivity contribution in [3.63, 3.8) is 0 Å². The standard InChI is InChI=1S/C7H13ClO2/c1-6(5-8)10-7-3-2-4-9-7/h6-7H,2-5H2,1H3. The molecule has 1 fully saturated rings. The predicted octanol–water partition coefficient (Wildman–Crippen LogP) is 1.77. The molecule has 0 aromatic rings. The van der Waals surface area contributed by atoms with Crippen molar-refractivity contribution in [2.24, 2.45) is 0 Å². The fourth-order valence-electron chi connectivity index (χ4n) is 0.951. The molecule has 1 saturated heterocycles. The third-order valence-corrected chi connectivity index (χ3v) is 1.92. The summed E-state index contributed by atoms with van der Waals surface area (Å²) < 4.78 is 10.7. The van der Waals surface area contributed by atoms with E-state index < -0.39 is 0 Å². The van der Waals surface area contributed by atoms with Gasteiger partial charge in [-0.15, -0.1) is 11.6 Å². The summed E-state index contributed by atoms with van der Waals surface area (Å²) in [4.78, 5) is 0. The number of rotatable bonds is 3. The summed E-state index contributed by atoms with van der Waals surface area (Å²) >= 11 is 5.55. The highest BCUT2D eigenvalue weighted by Gasteiger charge is 2.17. The van der Waals surface area contributed by atoms with Gasteiger partial charge in [-0.3, -0.25) is 0 Å². The van der Waals surface area contributed by atoms with E-state index in [0.717, 1.165) is 19.4 Å². The van der Waals surface area contributed by atoms with Crippen LogP contribution in [0.2, 0.25) is 0 Å². The van der Waals surface area contributed by atoms with E-state index >= 15 is 0 Å². The molecule has 0 saturated carbocycles. The van der Waals surface area contributed by atoms with E-state index in [1.54, 1.807) is 0 Å². The Morgan fingerprint density at radius 3 is 3.10 bits per heavy atom. The molecule has 0 amide bonds. The molecule has 0 bridgehead atoms. The fourth-order valence-corrected chi connectivity index (χ4v) is 1.02. The van der Waals surface area contributed by atoms with Crippen LogP contribution in [-0.4, -0.2) is 24.9 Å². The SMILES string of the molecule is CC(CCl)OC1CCCO1. The van der Waals surface area contributed by atoms with Gasteiger partial charge in [0.15, 0.2) is 6.29 Å². The minimum absolute atomic E-state index is 0.00810. The van der Waals surface area contributed by atoms with Gasteiger partial charge < -0.3 is 9.47 Å². The monoisotopic (exact) mass is 164 g/mol. The lowest BCUT2D eigenvalue weighted by Gasteiger charge is -2.14. The van der Waals surface area contributed by atoms with Gasteiger partial charge in [-0.2, -0.15) is 0 Å². The van der Waals surface area contributed by atoms with Gasteiger partial charge in [0.1, 0.15) is 0 Å². The summed E-state index contributed by atoms with van der Waals surface area (Å²) in [7, 11) is 0. The third kappa shape index (κ3) is 2.45. The van der Waals surface area contributed by atoms with Gasteiger partial charge in [0.25, 0.3) is 0 Å². The van der Waals surface area contributed by atoms with Crippen molar-refractivity contribution in [3.05, 3.63) is 0 Å². The molecule has 0 aromatic heterocycles. The van der Waals surface area contributed by atoms with E-state index in [1.165, 1.54) is 0 Å². The van der Waals surface area contributed by atoms with Crippen molar-refractivity contribution in [2.75, 3.05) is 12.5 Å². The number of halogens is 1. The Bertz CT molecular complexity index is 91.6. The van der Waals surface area contributed by atoms with Crippen LogP contribution in [0, 0.1) is 0 Å². The van der Waals surface area contributed by atoms with Gasteiger partial charge in [-0.05, 0) is 13.3 Å². The minimum atomic E-state index is 0.00810. The van der Waals surface area contributed by atoms with E-state index in [2.05, 4.69) is 0 Å². The molecule has 1 heterocycles. The average molecular weight is 165 g/mol. The molecule has 0 aliphatic carbocycles. The first kappa shape index (κ1) is 8.31. The Labute approximate surface area is 66.5 Å². The van der Waals surface area contributed by atoms with Crippen LogP contribution < -0.4 is 0 Å². The number of hydrogen-bond acceptors (Lipinski definition) is 2. The topological polar surface area (TPSA) is 18.5 Å². The molecule has 1 aliphatic rings. The summed E-state index contributed by atoms with van der Waals surface area (Å²) in [6.07, 6.45) is 2.25. The van der Waals surface area contributed by atoms with Gasteiger partial charge in [0.2, 0.25) is 0 Å². The smallest absolute Gasteiger partial charge is 0.158 e. The van der Waals surface area contributed by atoms with Crippen molar-refractivity contribution in [1.29, 1.82) is 0 Å². The van der Waals surface area contributed by atoms with E-state index in [0.29, 0.717) is 5.88 Å². The predicted molar refractivity (Wildman–Crippen MR) is 40.2 cm³/mol. The van der Waals surface area contributed by atoms with Crippen LogP contribution in [0.25, 0.3) is 0 Å². The highest BCUT2D eigenvalue weighted by Crippen LogP contribution is 2.15. The fraction of sp³-hybridized carbons (Fsp3) is 1.00. The molecule has 0 spiro atoms. The van der Waals surface area contributed by atoms with Crippen LogP contribution in [0.4, 0.5) is 0 Å². The van der Waals surface area contributed by atoms with Gasteiger partial charge in [-0.1, -0.05) is 0 Å². The van der Waals surface area contributed by atoms with E-state index in [9.17, 15) is 0 Å². The molecule has 1 aliphatic heterocycles. The Morgan fingerprint density at radius 2 is 2.60 bits per heavy atom. The number of hydrogen-bond donors (Lipinski definition) is 0. The van der Waals surface area contributed by atoms with Crippen molar-refractivity contribution in [3.8, 4) is 0 Å². The van der Waals surface area contributed by atoms with Gasteiger partial charge in [0.05, 0.1) is 6.10 Å². The summed E-state index contributed by atoms with van der Waals surface area (Å²) in [6, 6.07) is 0. The lowest BCUT2D eigenvalue weighted by Crippen LogP contribution is -2.19. The maximum atomic E-state index is 5.55. The Kier molecular flexibility index (Phi) is 3.46. The zero-order valence-electron chi connectivity index (χ0n) is 6.18. The molecule has 3 heteroatoms. The molecule has 2 unspecified atom stereocenters. The first-order chi connectivity index (χ1) is 4.83. The van der Waals surface area contributed by atoms with Gasteiger partial charge in [-0.25, -0.2) is 0 Å². The molecule has 0 N–H and O–H groups in total. The lowest BCUT2D eigenvalue weighted by molar-refractivity contribution is -0.133.